The second kappa shape index (κ2) is 8.22. The van der Waals surface area contributed by atoms with Crippen molar-refractivity contribution in [3.63, 3.8) is 0 Å². The number of ether oxygens (including phenoxy) is 1. The zero-order chi connectivity index (χ0) is 20.2. The van der Waals surface area contributed by atoms with Crippen LogP contribution >= 0.6 is 0 Å². The van der Waals surface area contributed by atoms with Gasteiger partial charge in [0.2, 0.25) is 11.9 Å². The quantitative estimate of drug-likeness (QED) is 0.692. The Morgan fingerprint density at radius 1 is 1.07 bits per heavy atom. The minimum atomic E-state index is 0.0707. The molecular formula is C21H24N6O2. The van der Waals surface area contributed by atoms with Crippen LogP contribution in [0, 0.1) is 0 Å². The van der Waals surface area contributed by atoms with Gasteiger partial charge in [0.05, 0.1) is 18.5 Å². The number of hydrogen-bond donors (Lipinski definition) is 2. The predicted molar refractivity (Wildman–Crippen MR) is 112 cm³/mol. The maximum atomic E-state index is 12.6. The number of para-hydroxylation sites is 2. The van der Waals surface area contributed by atoms with Gasteiger partial charge in [-0.3, -0.25) is 4.79 Å². The number of rotatable bonds is 5. The molecule has 3 aromatic rings. The van der Waals surface area contributed by atoms with Crippen molar-refractivity contribution in [2.75, 3.05) is 31.2 Å². The van der Waals surface area contributed by atoms with Crippen LogP contribution in [0.4, 0.5) is 17.6 Å². The number of likely N-dealkylation sites (tertiary alicyclic amines) is 1. The topological polar surface area (TPSA) is 98.3 Å². The first kappa shape index (κ1) is 18.8. The van der Waals surface area contributed by atoms with Gasteiger partial charge in [0, 0.05) is 18.7 Å². The van der Waals surface area contributed by atoms with E-state index in [2.05, 4.69) is 15.4 Å². The van der Waals surface area contributed by atoms with Crippen LogP contribution in [-0.2, 0) is 0 Å². The van der Waals surface area contributed by atoms with Gasteiger partial charge in [-0.15, -0.1) is 5.10 Å². The van der Waals surface area contributed by atoms with Crippen molar-refractivity contribution in [3.05, 3.63) is 54.1 Å². The van der Waals surface area contributed by atoms with E-state index in [1.807, 2.05) is 41.3 Å². The molecule has 1 aliphatic heterocycles. The molecule has 2 heterocycles. The molecule has 29 heavy (non-hydrogen) atoms. The highest BCUT2D eigenvalue weighted by molar-refractivity contribution is 5.94. The van der Waals surface area contributed by atoms with Crippen LogP contribution < -0.4 is 15.8 Å². The van der Waals surface area contributed by atoms with Crippen molar-refractivity contribution in [1.29, 1.82) is 0 Å². The first-order valence-corrected chi connectivity index (χ1v) is 9.68. The number of benzene rings is 2. The molecular weight excluding hydrogens is 368 g/mol. The van der Waals surface area contributed by atoms with Crippen LogP contribution in [0.5, 0.6) is 5.75 Å². The van der Waals surface area contributed by atoms with Crippen molar-refractivity contribution in [2.24, 2.45) is 0 Å². The standard InChI is InChI=1S/C21H24N6O2/c1-29-18-8-4-3-7-17(18)23-21-24-20(22)27(25-21)16-11-9-15(10-12-16)19(28)26-13-5-2-6-14-26/h3-4,7-12H,2,5-6,13-14H2,1H3,(H3,22,23,24,25). The minimum absolute atomic E-state index is 0.0707. The van der Waals surface area contributed by atoms with Crippen molar-refractivity contribution in [2.45, 2.75) is 19.3 Å². The Labute approximate surface area is 169 Å². The number of nitrogens with zero attached hydrogens (tertiary/aromatic N) is 4. The van der Waals surface area contributed by atoms with E-state index in [9.17, 15) is 4.79 Å². The summed E-state index contributed by atoms with van der Waals surface area (Å²) < 4.78 is 6.87. The Kier molecular flexibility index (Phi) is 5.33. The van der Waals surface area contributed by atoms with Gasteiger partial charge in [0.25, 0.3) is 5.91 Å². The first-order valence-electron chi connectivity index (χ1n) is 9.68. The summed E-state index contributed by atoms with van der Waals surface area (Å²) in [5, 5.41) is 7.55. The summed E-state index contributed by atoms with van der Waals surface area (Å²) >= 11 is 0. The number of aromatic nitrogens is 3. The molecule has 1 fully saturated rings. The molecule has 0 aliphatic carbocycles. The Morgan fingerprint density at radius 2 is 1.79 bits per heavy atom. The molecule has 8 heteroatoms. The van der Waals surface area contributed by atoms with Gasteiger partial charge >= 0.3 is 0 Å². The van der Waals surface area contributed by atoms with Gasteiger partial charge < -0.3 is 20.7 Å². The van der Waals surface area contributed by atoms with Gasteiger partial charge in [-0.05, 0) is 55.7 Å². The van der Waals surface area contributed by atoms with Crippen molar-refractivity contribution in [1.82, 2.24) is 19.7 Å². The fraction of sp³-hybridized carbons (Fsp3) is 0.286. The third kappa shape index (κ3) is 4.01. The van der Waals surface area contributed by atoms with Crippen LogP contribution in [0.25, 0.3) is 5.69 Å². The average Bonchev–Trinajstić information content (AvgIpc) is 3.14. The number of hydrogen-bond acceptors (Lipinski definition) is 6. The van der Waals surface area contributed by atoms with E-state index in [4.69, 9.17) is 10.5 Å². The number of nitrogen functional groups attached to an aromatic ring is 1. The van der Waals surface area contributed by atoms with E-state index in [1.165, 1.54) is 11.1 Å². The number of nitrogens with two attached hydrogens (primary N) is 1. The molecule has 1 aliphatic rings. The van der Waals surface area contributed by atoms with Crippen LogP contribution in [-0.4, -0.2) is 45.8 Å². The van der Waals surface area contributed by atoms with Crippen LogP contribution in [0.3, 0.4) is 0 Å². The molecule has 2 aromatic carbocycles. The summed E-state index contributed by atoms with van der Waals surface area (Å²) in [6.07, 6.45) is 3.34. The van der Waals surface area contributed by atoms with Crippen LogP contribution in [0.2, 0.25) is 0 Å². The van der Waals surface area contributed by atoms with E-state index in [-0.39, 0.29) is 11.9 Å². The fourth-order valence-corrected chi connectivity index (χ4v) is 3.46. The molecule has 0 spiro atoms. The Hall–Kier alpha value is -3.55. The van der Waals surface area contributed by atoms with E-state index in [0.29, 0.717) is 17.3 Å². The molecule has 1 saturated heterocycles. The molecule has 8 nitrogen and oxygen atoms in total. The average molecular weight is 392 g/mol. The van der Waals surface area contributed by atoms with E-state index in [1.54, 1.807) is 19.2 Å². The second-order valence-electron chi connectivity index (χ2n) is 6.93. The molecule has 1 amide bonds. The smallest absolute Gasteiger partial charge is 0.253 e. The fourth-order valence-electron chi connectivity index (χ4n) is 3.46. The lowest BCUT2D eigenvalue weighted by Gasteiger charge is -2.26. The first-order chi connectivity index (χ1) is 14.2. The molecule has 0 bridgehead atoms. The molecule has 150 valence electrons. The molecule has 0 radical (unpaired) electrons. The van der Waals surface area contributed by atoms with Crippen LogP contribution in [0.1, 0.15) is 29.6 Å². The van der Waals surface area contributed by atoms with Gasteiger partial charge in [-0.2, -0.15) is 9.67 Å². The lowest BCUT2D eigenvalue weighted by Crippen LogP contribution is -2.35. The summed E-state index contributed by atoms with van der Waals surface area (Å²) in [5.41, 5.74) is 8.20. The zero-order valence-electron chi connectivity index (χ0n) is 16.3. The lowest BCUT2D eigenvalue weighted by atomic mass is 10.1. The summed E-state index contributed by atoms with van der Waals surface area (Å²) in [7, 11) is 1.60. The molecule has 3 N–H and O–H groups in total. The predicted octanol–water partition coefficient (Wildman–Crippen LogP) is 3.23. The molecule has 4 rings (SSSR count). The minimum Gasteiger partial charge on any atom is -0.495 e. The highest BCUT2D eigenvalue weighted by Gasteiger charge is 2.18. The summed E-state index contributed by atoms with van der Waals surface area (Å²) in [6.45, 7) is 1.66. The Morgan fingerprint density at radius 3 is 2.52 bits per heavy atom. The lowest BCUT2D eigenvalue weighted by molar-refractivity contribution is 0.0724. The van der Waals surface area contributed by atoms with Crippen LogP contribution in [0.15, 0.2) is 48.5 Å². The maximum Gasteiger partial charge on any atom is 0.253 e. The highest BCUT2D eigenvalue weighted by atomic mass is 16.5. The number of methoxy groups -OCH3 is 1. The van der Waals surface area contributed by atoms with Crippen molar-refractivity contribution >= 4 is 23.5 Å². The third-order valence-corrected chi connectivity index (χ3v) is 4.99. The summed E-state index contributed by atoms with van der Waals surface area (Å²) in [6, 6.07) is 14.8. The van der Waals surface area contributed by atoms with Gasteiger partial charge in [0.1, 0.15) is 5.75 Å². The number of carbonyl (C=O) groups is 1. The molecule has 0 unspecified atom stereocenters. The SMILES string of the molecule is COc1ccccc1Nc1nc(N)n(-c2ccc(C(=O)N3CCCCC3)cc2)n1. The highest BCUT2D eigenvalue weighted by Crippen LogP contribution is 2.26. The third-order valence-electron chi connectivity index (χ3n) is 4.99. The number of anilines is 3. The van der Waals surface area contributed by atoms with Gasteiger partial charge in [-0.25, -0.2) is 0 Å². The normalized spacial score (nSPS) is 13.9. The Balaban J connectivity index is 1.52. The molecule has 0 saturated carbocycles. The molecule has 0 atom stereocenters. The number of carbonyl (C=O) groups excluding carboxylic acids is 1. The second-order valence-corrected chi connectivity index (χ2v) is 6.93. The van der Waals surface area contributed by atoms with E-state index < -0.39 is 0 Å². The summed E-state index contributed by atoms with van der Waals surface area (Å²) in [4.78, 5) is 18.8. The molecule has 1 aromatic heterocycles. The van der Waals surface area contributed by atoms with Gasteiger partial charge in [0.15, 0.2) is 0 Å². The van der Waals surface area contributed by atoms with Crippen molar-refractivity contribution < 1.29 is 9.53 Å². The van der Waals surface area contributed by atoms with Crippen molar-refractivity contribution in [3.8, 4) is 11.4 Å². The number of piperidine rings is 1. The maximum absolute atomic E-state index is 12.6. The Bertz CT molecular complexity index is 993. The number of nitrogens with one attached hydrogen (secondary N) is 1. The monoisotopic (exact) mass is 392 g/mol. The number of amides is 1. The van der Waals surface area contributed by atoms with E-state index >= 15 is 0 Å². The van der Waals surface area contributed by atoms with E-state index in [0.717, 1.165) is 37.3 Å². The van der Waals surface area contributed by atoms with Gasteiger partial charge in [-0.1, -0.05) is 12.1 Å². The summed E-state index contributed by atoms with van der Waals surface area (Å²) in [5.74, 6) is 1.36. The zero-order valence-corrected chi connectivity index (χ0v) is 16.3. The largest absolute Gasteiger partial charge is 0.495 e.